The summed E-state index contributed by atoms with van der Waals surface area (Å²) < 4.78 is 33.9. The van der Waals surface area contributed by atoms with Crippen molar-refractivity contribution in [1.29, 1.82) is 0 Å². The lowest BCUT2D eigenvalue weighted by Crippen LogP contribution is -2.43. The summed E-state index contributed by atoms with van der Waals surface area (Å²) in [6.45, 7) is 14.2. The van der Waals surface area contributed by atoms with Crippen LogP contribution >= 0.6 is 14.3 Å². The Kier molecular flexibility index (Phi) is 9.92. The maximum Gasteiger partial charge on any atom is 0.171 e. The van der Waals surface area contributed by atoms with Crippen LogP contribution in [0.1, 0.15) is 0 Å². The third kappa shape index (κ3) is 6.43. The van der Waals surface area contributed by atoms with E-state index in [1.807, 2.05) is 121 Å². The van der Waals surface area contributed by atoms with Gasteiger partial charge in [0.05, 0.1) is 16.1 Å². The molecule has 2 nitrogen and oxygen atoms in total. The maximum atomic E-state index is 17.0. The lowest BCUT2D eigenvalue weighted by molar-refractivity contribution is 0.591. The second-order valence-corrected chi connectivity index (χ2v) is 32.3. The van der Waals surface area contributed by atoms with E-state index >= 15 is 9.13 Å². The predicted molar refractivity (Wildman–Crippen MR) is 252 cm³/mol. The largest absolute Gasteiger partial charge is 0.309 e. The monoisotopic (exact) mass is 798 g/mol. The van der Waals surface area contributed by atoms with Crippen LogP contribution in [-0.2, 0) is 9.13 Å². The smallest absolute Gasteiger partial charge is 0.171 e. The standard InChI is InChI=1S/C50H48O2P2Si2/c1-55(2,3)47-35-45(53(51,37-23-11-7-12-24-37)38-25-13-8-14-26-38)49(43-33-21-19-31-41(43)47)50-44-34-22-20-32-42(44)48(56(4,5)6)36-46(50)54(52,39-27-15-9-16-28-39)40-29-17-10-18-30-40/h7-36H,1-6H3. The molecule has 0 aromatic heterocycles. The van der Waals surface area contributed by atoms with Gasteiger partial charge >= 0.3 is 0 Å². The van der Waals surface area contributed by atoms with Crippen LogP contribution in [0.15, 0.2) is 182 Å². The molecule has 0 atom stereocenters. The molecule has 0 amide bonds. The second-order valence-electron chi connectivity index (χ2n) is 16.8. The summed E-state index contributed by atoms with van der Waals surface area (Å²) in [6, 6.07) is 62.0. The van der Waals surface area contributed by atoms with Crippen molar-refractivity contribution in [3.05, 3.63) is 182 Å². The Labute approximate surface area is 334 Å². The van der Waals surface area contributed by atoms with E-state index in [-0.39, 0.29) is 0 Å². The SMILES string of the molecule is C[Si](C)(C)c1cc(P(=O)(c2ccccc2)c2ccccc2)c(-c2c(P(=O)(c3ccccc3)c3ccccc3)cc([Si](C)(C)C)c3ccccc23)c2ccccc12. The molecule has 0 N–H and O–H groups in total. The van der Waals surface area contributed by atoms with Crippen LogP contribution in [0.2, 0.25) is 39.3 Å². The molecule has 0 bridgehead atoms. The molecule has 8 aromatic rings. The molecule has 0 saturated carbocycles. The van der Waals surface area contributed by atoms with Crippen LogP contribution < -0.4 is 42.2 Å². The van der Waals surface area contributed by atoms with Gasteiger partial charge in [-0.3, -0.25) is 0 Å². The highest BCUT2D eigenvalue weighted by atomic mass is 31.2. The second kappa shape index (κ2) is 14.6. The normalized spacial score (nSPS) is 12.6. The number of benzene rings is 8. The molecule has 0 aliphatic carbocycles. The topological polar surface area (TPSA) is 34.1 Å². The molecule has 0 aliphatic rings. The summed E-state index contributed by atoms with van der Waals surface area (Å²) >= 11 is 0. The zero-order valence-corrected chi connectivity index (χ0v) is 36.8. The lowest BCUT2D eigenvalue weighted by atomic mass is 9.93. The first kappa shape index (κ1) is 38.1. The summed E-state index contributed by atoms with van der Waals surface area (Å²) in [6.07, 6.45) is 0. The van der Waals surface area contributed by atoms with Gasteiger partial charge in [0.25, 0.3) is 0 Å². The van der Waals surface area contributed by atoms with Crippen molar-refractivity contribution in [2.45, 2.75) is 39.3 Å². The lowest BCUT2D eigenvalue weighted by Gasteiger charge is -2.32. The molecule has 8 rings (SSSR count). The third-order valence-electron chi connectivity index (χ3n) is 11.1. The minimum atomic E-state index is -3.58. The summed E-state index contributed by atoms with van der Waals surface area (Å²) in [7, 11) is -11.2. The molecule has 0 spiro atoms. The van der Waals surface area contributed by atoms with Gasteiger partial charge in [-0.25, -0.2) is 0 Å². The minimum Gasteiger partial charge on any atom is -0.309 e. The van der Waals surface area contributed by atoms with Crippen LogP contribution in [0.3, 0.4) is 0 Å². The molecule has 0 fully saturated rings. The fraction of sp³-hybridized carbons (Fsp3) is 0.120. The molecule has 278 valence electrons. The van der Waals surface area contributed by atoms with E-state index in [0.717, 1.165) is 64.5 Å². The fourth-order valence-corrected chi connectivity index (χ4v) is 17.6. The average molecular weight is 799 g/mol. The molecular weight excluding hydrogens is 751 g/mol. The Morgan fingerprint density at radius 2 is 0.554 bits per heavy atom. The van der Waals surface area contributed by atoms with Gasteiger partial charge in [0.15, 0.2) is 14.3 Å². The molecular formula is C50H48O2P2Si2. The van der Waals surface area contributed by atoms with Crippen LogP contribution in [-0.4, -0.2) is 16.1 Å². The Bertz CT molecular complexity index is 2530. The summed E-state index contributed by atoms with van der Waals surface area (Å²) in [5.74, 6) is 0. The highest BCUT2D eigenvalue weighted by molar-refractivity contribution is 7.86. The first-order valence-corrected chi connectivity index (χ1v) is 29.8. The maximum absolute atomic E-state index is 17.0. The summed E-state index contributed by atoms with van der Waals surface area (Å²) in [5.41, 5.74) is 1.80. The third-order valence-corrected chi connectivity index (χ3v) is 21.3. The van der Waals surface area contributed by atoms with E-state index < -0.39 is 30.4 Å². The van der Waals surface area contributed by atoms with Gasteiger partial charge in [-0.05, 0) is 21.5 Å². The Balaban J connectivity index is 1.69. The van der Waals surface area contributed by atoms with E-state index in [0.29, 0.717) is 0 Å². The highest BCUT2D eigenvalue weighted by Gasteiger charge is 2.40. The van der Waals surface area contributed by atoms with Crippen LogP contribution in [0, 0.1) is 0 Å². The van der Waals surface area contributed by atoms with Crippen LogP contribution in [0.5, 0.6) is 0 Å². The van der Waals surface area contributed by atoms with Crippen molar-refractivity contribution in [3.8, 4) is 11.1 Å². The van der Waals surface area contributed by atoms with Gasteiger partial charge in [0.2, 0.25) is 0 Å². The van der Waals surface area contributed by atoms with Gasteiger partial charge in [-0.15, -0.1) is 0 Å². The van der Waals surface area contributed by atoms with E-state index in [9.17, 15) is 0 Å². The van der Waals surface area contributed by atoms with Crippen molar-refractivity contribution in [3.63, 3.8) is 0 Å². The minimum absolute atomic E-state index is 0.781. The fourth-order valence-electron chi connectivity index (χ4n) is 8.39. The van der Waals surface area contributed by atoms with Crippen molar-refractivity contribution < 1.29 is 9.13 Å². The average Bonchev–Trinajstić information content (AvgIpc) is 3.22. The Hall–Kier alpha value is -4.83. The molecule has 0 aliphatic heterocycles. The van der Waals surface area contributed by atoms with E-state index in [2.05, 4.69) is 99.9 Å². The highest BCUT2D eigenvalue weighted by Crippen LogP contribution is 2.51. The summed E-state index contributed by atoms with van der Waals surface area (Å²) in [4.78, 5) is 0. The Morgan fingerprint density at radius 3 is 0.804 bits per heavy atom. The summed E-state index contributed by atoms with van der Waals surface area (Å²) in [5, 5.41) is 11.6. The molecule has 8 aromatic carbocycles. The zero-order valence-electron chi connectivity index (χ0n) is 33.0. The van der Waals surface area contributed by atoms with Crippen molar-refractivity contribution in [1.82, 2.24) is 0 Å². The molecule has 0 unspecified atom stereocenters. The number of hydrogen-bond donors (Lipinski definition) is 0. The molecule has 0 heterocycles. The van der Waals surface area contributed by atoms with Crippen molar-refractivity contribution >= 4 is 94.2 Å². The Morgan fingerprint density at radius 1 is 0.321 bits per heavy atom. The van der Waals surface area contributed by atoms with Gasteiger partial charge in [-0.1, -0.05) is 232 Å². The van der Waals surface area contributed by atoms with Gasteiger partial charge < -0.3 is 9.13 Å². The molecule has 56 heavy (non-hydrogen) atoms. The molecule has 0 radical (unpaired) electrons. The van der Waals surface area contributed by atoms with E-state index in [1.165, 1.54) is 10.4 Å². The predicted octanol–water partition coefficient (Wildman–Crippen LogP) is 10.0. The van der Waals surface area contributed by atoms with Crippen LogP contribution in [0.4, 0.5) is 0 Å². The van der Waals surface area contributed by atoms with E-state index in [1.54, 1.807) is 0 Å². The van der Waals surface area contributed by atoms with Crippen LogP contribution in [0.25, 0.3) is 32.7 Å². The first-order valence-electron chi connectivity index (χ1n) is 19.4. The first-order chi connectivity index (χ1) is 26.8. The molecule has 6 heteroatoms. The number of rotatable bonds is 9. The number of fused-ring (bicyclic) bond motifs is 2. The van der Waals surface area contributed by atoms with Crippen molar-refractivity contribution in [2.75, 3.05) is 0 Å². The van der Waals surface area contributed by atoms with Gasteiger partial charge in [0.1, 0.15) is 0 Å². The molecule has 0 saturated heterocycles. The van der Waals surface area contributed by atoms with E-state index in [4.69, 9.17) is 0 Å². The van der Waals surface area contributed by atoms with Crippen molar-refractivity contribution in [2.24, 2.45) is 0 Å². The zero-order chi connectivity index (χ0) is 39.3. The quantitative estimate of drug-likeness (QED) is 0.108. The van der Waals surface area contributed by atoms with Gasteiger partial charge in [0, 0.05) is 43.0 Å². The van der Waals surface area contributed by atoms with Gasteiger partial charge in [-0.2, -0.15) is 0 Å². The number of hydrogen-bond acceptors (Lipinski definition) is 2.